The predicted octanol–water partition coefficient (Wildman–Crippen LogP) is 1.76. The van der Waals surface area contributed by atoms with E-state index >= 15 is 0 Å². The van der Waals surface area contributed by atoms with Gasteiger partial charge in [-0.3, -0.25) is 0 Å². The third-order valence-corrected chi connectivity index (χ3v) is 1.75. The van der Waals surface area contributed by atoms with E-state index in [-0.39, 0.29) is 5.92 Å². The maximum absolute atomic E-state index is 8.64. The molecule has 0 aromatic carbocycles. The van der Waals surface area contributed by atoms with Gasteiger partial charge in [0.25, 0.3) is 0 Å². The molecule has 1 atom stereocenters. The molecule has 4 heteroatoms. The van der Waals surface area contributed by atoms with Crippen molar-refractivity contribution in [1.29, 1.82) is 5.26 Å². The minimum atomic E-state index is -0.302. The molecule has 13 heavy (non-hydrogen) atoms. The third kappa shape index (κ3) is 2.07. The maximum atomic E-state index is 8.64. The number of oxazole rings is 1. The summed E-state index contributed by atoms with van der Waals surface area (Å²) in [5, 5.41) is 8.64. The van der Waals surface area contributed by atoms with Crippen LogP contribution < -0.4 is 0 Å². The molecule has 1 aromatic heterocycles. The number of aryl methyl sites for hydroxylation is 1. The van der Waals surface area contributed by atoms with Crippen molar-refractivity contribution in [2.45, 2.75) is 26.4 Å². The van der Waals surface area contributed by atoms with Gasteiger partial charge >= 0.3 is 0 Å². The van der Waals surface area contributed by atoms with Crippen molar-refractivity contribution in [3.05, 3.63) is 17.3 Å². The molecule has 0 saturated carbocycles. The zero-order valence-electron chi connectivity index (χ0n) is 8.00. The number of hydrogen-bond donors (Lipinski definition) is 0. The van der Waals surface area contributed by atoms with E-state index in [1.54, 1.807) is 14.0 Å². The first-order valence-corrected chi connectivity index (χ1v) is 4.03. The quantitative estimate of drug-likeness (QED) is 0.711. The van der Waals surface area contributed by atoms with Crippen LogP contribution >= 0.6 is 0 Å². The summed E-state index contributed by atoms with van der Waals surface area (Å²) in [5.74, 6) is 0.857. The minimum Gasteiger partial charge on any atom is -0.442 e. The lowest BCUT2D eigenvalue weighted by molar-refractivity contribution is 0.161. The summed E-state index contributed by atoms with van der Waals surface area (Å²) in [6.45, 7) is 3.99. The van der Waals surface area contributed by atoms with Gasteiger partial charge in [-0.15, -0.1) is 0 Å². The van der Waals surface area contributed by atoms with Crippen molar-refractivity contribution in [3.8, 4) is 6.07 Å². The van der Waals surface area contributed by atoms with Crippen LogP contribution in [-0.4, -0.2) is 12.1 Å². The molecule has 1 heterocycles. The summed E-state index contributed by atoms with van der Waals surface area (Å²) in [6, 6.07) is 2.07. The van der Waals surface area contributed by atoms with Crippen LogP contribution in [0.2, 0.25) is 0 Å². The summed E-state index contributed by atoms with van der Waals surface area (Å²) in [4.78, 5) is 4.13. The molecular formula is C9H12N2O2. The number of hydrogen-bond acceptors (Lipinski definition) is 4. The first-order chi connectivity index (χ1) is 6.19. The Morgan fingerprint density at radius 1 is 1.69 bits per heavy atom. The van der Waals surface area contributed by atoms with Gasteiger partial charge in [0.2, 0.25) is 5.89 Å². The first kappa shape index (κ1) is 9.75. The zero-order chi connectivity index (χ0) is 9.84. The Hall–Kier alpha value is -1.34. The molecule has 0 aliphatic rings. The van der Waals surface area contributed by atoms with Gasteiger partial charge in [0, 0.05) is 7.11 Å². The molecule has 0 amide bonds. The molecule has 0 aliphatic carbocycles. The molecule has 1 unspecified atom stereocenters. The van der Waals surface area contributed by atoms with Crippen LogP contribution in [0.3, 0.4) is 0 Å². The van der Waals surface area contributed by atoms with Gasteiger partial charge in [0.05, 0.1) is 11.8 Å². The second-order valence-electron chi connectivity index (χ2n) is 2.84. The summed E-state index contributed by atoms with van der Waals surface area (Å²) >= 11 is 0. The second-order valence-corrected chi connectivity index (χ2v) is 2.84. The molecule has 4 nitrogen and oxygen atoms in total. The van der Waals surface area contributed by atoms with Gasteiger partial charge in [-0.05, 0) is 13.8 Å². The lowest BCUT2D eigenvalue weighted by atomic mass is 10.2. The standard InChI is InChI=1S/C9H12N2O2/c1-6(4-10)9-11-7(2)8(13-9)5-12-3/h6H,5H2,1-3H3. The van der Waals surface area contributed by atoms with Gasteiger partial charge in [0.15, 0.2) is 5.76 Å². The van der Waals surface area contributed by atoms with Crippen molar-refractivity contribution in [1.82, 2.24) is 4.98 Å². The summed E-state index contributed by atoms with van der Waals surface area (Å²) in [6.07, 6.45) is 0. The number of aromatic nitrogens is 1. The fourth-order valence-corrected chi connectivity index (χ4v) is 0.956. The number of nitriles is 1. The van der Waals surface area contributed by atoms with Crippen LogP contribution in [-0.2, 0) is 11.3 Å². The molecular weight excluding hydrogens is 168 g/mol. The highest BCUT2D eigenvalue weighted by atomic mass is 16.5. The topological polar surface area (TPSA) is 59.0 Å². The lowest BCUT2D eigenvalue weighted by Gasteiger charge is -1.94. The average Bonchev–Trinajstić information content (AvgIpc) is 2.47. The number of nitrogens with zero attached hydrogens (tertiary/aromatic N) is 2. The number of rotatable bonds is 3. The van der Waals surface area contributed by atoms with Crippen molar-refractivity contribution in [2.75, 3.05) is 7.11 Å². The van der Waals surface area contributed by atoms with Crippen molar-refractivity contribution >= 4 is 0 Å². The highest BCUT2D eigenvalue weighted by molar-refractivity contribution is 5.12. The number of methoxy groups -OCH3 is 1. The Morgan fingerprint density at radius 2 is 2.38 bits per heavy atom. The highest BCUT2D eigenvalue weighted by Gasteiger charge is 2.14. The Kier molecular flexibility index (Phi) is 3.04. The molecule has 0 spiro atoms. The monoisotopic (exact) mass is 180 g/mol. The first-order valence-electron chi connectivity index (χ1n) is 4.03. The summed E-state index contributed by atoms with van der Waals surface area (Å²) in [5.41, 5.74) is 0.791. The summed E-state index contributed by atoms with van der Waals surface area (Å²) < 4.78 is 10.3. The maximum Gasteiger partial charge on any atom is 0.211 e. The normalized spacial score (nSPS) is 12.5. The molecule has 0 N–H and O–H groups in total. The van der Waals surface area contributed by atoms with Crippen molar-refractivity contribution in [3.63, 3.8) is 0 Å². The van der Waals surface area contributed by atoms with Crippen LogP contribution in [0.5, 0.6) is 0 Å². The Bertz CT molecular complexity index is 325. The molecule has 1 rings (SSSR count). The van der Waals surface area contributed by atoms with E-state index in [1.165, 1.54) is 0 Å². The number of ether oxygens (including phenoxy) is 1. The van der Waals surface area contributed by atoms with Crippen LogP contribution in [0.25, 0.3) is 0 Å². The SMILES string of the molecule is COCc1oc(C(C)C#N)nc1C. The van der Waals surface area contributed by atoms with Crippen molar-refractivity contribution in [2.24, 2.45) is 0 Å². The zero-order valence-corrected chi connectivity index (χ0v) is 8.00. The molecule has 0 radical (unpaired) electrons. The van der Waals surface area contributed by atoms with E-state index < -0.39 is 0 Å². The van der Waals surface area contributed by atoms with Crippen LogP contribution in [0.15, 0.2) is 4.42 Å². The van der Waals surface area contributed by atoms with E-state index in [0.29, 0.717) is 18.3 Å². The predicted molar refractivity (Wildman–Crippen MR) is 46.0 cm³/mol. The van der Waals surface area contributed by atoms with Crippen LogP contribution in [0, 0.1) is 18.3 Å². The van der Waals surface area contributed by atoms with E-state index in [0.717, 1.165) is 5.69 Å². The van der Waals surface area contributed by atoms with E-state index in [4.69, 9.17) is 14.4 Å². The molecule has 0 aliphatic heterocycles. The molecule has 1 aromatic rings. The Balaban J connectivity index is 2.89. The molecule has 70 valence electrons. The van der Waals surface area contributed by atoms with Gasteiger partial charge in [-0.25, -0.2) is 4.98 Å². The van der Waals surface area contributed by atoms with Gasteiger partial charge in [-0.2, -0.15) is 5.26 Å². The molecule has 0 bridgehead atoms. The average molecular weight is 180 g/mol. The molecule has 0 saturated heterocycles. The Morgan fingerprint density at radius 3 is 2.92 bits per heavy atom. The summed E-state index contributed by atoms with van der Waals surface area (Å²) in [7, 11) is 1.59. The van der Waals surface area contributed by atoms with Crippen LogP contribution in [0.1, 0.15) is 30.2 Å². The van der Waals surface area contributed by atoms with Gasteiger partial charge < -0.3 is 9.15 Å². The van der Waals surface area contributed by atoms with Gasteiger partial charge in [0.1, 0.15) is 12.5 Å². The van der Waals surface area contributed by atoms with Gasteiger partial charge in [-0.1, -0.05) is 0 Å². The van der Waals surface area contributed by atoms with Crippen LogP contribution in [0.4, 0.5) is 0 Å². The minimum absolute atomic E-state index is 0.302. The largest absolute Gasteiger partial charge is 0.442 e. The second kappa shape index (κ2) is 4.06. The van der Waals surface area contributed by atoms with E-state index in [2.05, 4.69) is 11.1 Å². The highest BCUT2D eigenvalue weighted by Crippen LogP contribution is 2.17. The molecule has 0 fully saturated rings. The lowest BCUT2D eigenvalue weighted by Crippen LogP contribution is -1.88. The van der Waals surface area contributed by atoms with E-state index in [9.17, 15) is 0 Å². The Labute approximate surface area is 77.1 Å². The fraction of sp³-hybridized carbons (Fsp3) is 0.556. The van der Waals surface area contributed by atoms with E-state index in [1.807, 2.05) is 6.92 Å². The smallest absolute Gasteiger partial charge is 0.211 e. The fourth-order valence-electron chi connectivity index (χ4n) is 0.956. The van der Waals surface area contributed by atoms with Crippen molar-refractivity contribution < 1.29 is 9.15 Å². The third-order valence-electron chi connectivity index (χ3n) is 1.75.